The molecule has 0 spiro atoms. The molecule has 21 heavy (non-hydrogen) atoms. The van der Waals surface area contributed by atoms with Crippen LogP contribution in [-0.2, 0) is 9.59 Å². The van der Waals surface area contributed by atoms with Gasteiger partial charge in [-0.15, -0.1) is 0 Å². The van der Waals surface area contributed by atoms with Gasteiger partial charge < -0.3 is 15.5 Å². The molecule has 2 rings (SSSR count). The van der Waals surface area contributed by atoms with E-state index in [9.17, 15) is 9.59 Å². The van der Waals surface area contributed by atoms with Crippen LogP contribution in [0.4, 0.5) is 0 Å². The van der Waals surface area contributed by atoms with Crippen LogP contribution < -0.4 is 10.6 Å². The Hall–Kier alpha value is -1.59. The predicted molar refractivity (Wildman–Crippen MR) is 82.1 cm³/mol. The van der Waals surface area contributed by atoms with Gasteiger partial charge in [-0.25, -0.2) is 0 Å². The Morgan fingerprint density at radius 3 is 2.90 bits per heavy atom. The summed E-state index contributed by atoms with van der Waals surface area (Å²) in [5.41, 5.74) is 0.876. The molecule has 2 N–H and O–H groups in total. The van der Waals surface area contributed by atoms with Gasteiger partial charge in [0.1, 0.15) is 0 Å². The Morgan fingerprint density at radius 2 is 2.14 bits per heavy atom. The van der Waals surface area contributed by atoms with Gasteiger partial charge in [-0.1, -0.05) is 23.7 Å². The summed E-state index contributed by atoms with van der Waals surface area (Å²) in [7, 11) is 0. The van der Waals surface area contributed by atoms with Crippen molar-refractivity contribution in [2.24, 2.45) is 0 Å². The zero-order valence-corrected chi connectivity index (χ0v) is 12.8. The second-order valence-electron chi connectivity index (χ2n) is 5.15. The van der Waals surface area contributed by atoms with Gasteiger partial charge in [-0.3, -0.25) is 9.59 Å². The third-order valence-corrected chi connectivity index (χ3v) is 3.75. The van der Waals surface area contributed by atoms with Crippen molar-refractivity contribution in [3.05, 3.63) is 34.9 Å². The average Bonchev–Trinajstić information content (AvgIpc) is 2.75. The van der Waals surface area contributed by atoms with Crippen molar-refractivity contribution < 1.29 is 9.59 Å². The predicted octanol–water partition coefficient (Wildman–Crippen LogP) is 1.34. The molecule has 5 nitrogen and oxygen atoms in total. The molecule has 2 amide bonds. The summed E-state index contributed by atoms with van der Waals surface area (Å²) in [4.78, 5) is 25.8. The van der Waals surface area contributed by atoms with Gasteiger partial charge >= 0.3 is 11.8 Å². The summed E-state index contributed by atoms with van der Waals surface area (Å²) in [6.45, 7) is 4.62. The third kappa shape index (κ3) is 4.44. The molecular formula is C15H20ClN3O2. The summed E-state index contributed by atoms with van der Waals surface area (Å²) in [5.74, 6) is -1.03. The van der Waals surface area contributed by atoms with E-state index in [0.717, 1.165) is 25.1 Å². The van der Waals surface area contributed by atoms with Crippen molar-refractivity contribution in [1.29, 1.82) is 0 Å². The number of nitrogens with one attached hydrogen (secondary N) is 2. The van der Waals surface area contributed by atoms with Gasteiger partial charge in [0.05, 0.1) is 6.04 Å². The minimum Gasteiger partial charge on any atom is -0.341 e. The van der Waals surface area contributed by atoms with Crippen LogP contribution in [0.2, 0.25) is 5.02 Å². The molecule has 1 heterocycles. The second kappa shape index (κ2) is 7.43. The lowest BCUT2D eigenvalue weighted by Gasteiger charge is -2.21. The van der Waals surface area contributed by atoms with Crippen molar-refractivity contribution in [3.8, 4) is 0 Å². The molecule has 1 unspecified atom stereocenters. The van der Waals surface area contributed by atoms with Gasteiger partial charge in [0.25, 0.3) is 0 Å². The second-order valence-corrected chi connectivity index (χ2v) is 5.58. The number of nitrogens with zero attached hydrogens (tertiary/aromatic N) is 1. The zero-order chi connectivity index (χ0) is 15.2. The number of hydrogen-bond acceptors (Lipinski definition) is 3. The highest BCUT2D eigenvalue weighted by Gasteiger charge is 2.23. The zero-order valence-electron chi connectivity index (χ0n) is 12.1. The molecule has 1 fully saturated rings. The monoisotopic (exact) mass is 309 g/mol. The van der Waals surface area contributed by atoms with E-state index in [1.165, 1.54) is 0 Å². The number of hydrogen-bond donors (Lipinski definition) is 2. The van der Waals surface area contributed by atoms with Crippen LogP contribution >= 0.6 is 11.6 Å². The van der Waals surface area contributed by atoms with Crippen molar-refractivity contribution in [2.45, 2.75) is 19.4 Å². The van der Waals surface area contributed by atoms with Crippen LogP contribution in [0.1, 0.15) is 24.9 Å². The van der Waals surface area contributed by atoms with Crippen LogP contribution in [0.25, 0.3) is 0 Å². The third-order valence-electron chi connectivity index (χ3n) is 3.52. The highest BCUT2D eigenvalue weighted by molar-refractivity contribution is 6.35. The van der Waals surface area contributed by atoms with E-state index in [-0.39, 0.29) is 6.04 Å². The fourth-order valence-corrected chi connectivity index (χ4v) is 2.51. The Morgan fingerprint density at radius 1 is 1.33 bits per heavy atom. The summed E-state index contributed by atoms with van der Waals surface area (Å²) in [5, 5.41) is 6.55. The topological polar surface area (TPSA) is 61.4 Å². The van der Waals surface area contributed by atoms with E-state index in [1.807, 2.05) is 19.1 Å². The van der Waals surface area contributed by atoms with Crippen LogP contribution in [-0.4, -0.2) is 42.9 Å². The molecule has 1 aliphatic heterocycles. The van der Waals surface area contributed by atoms with Crippen LogP contribution in [0.15, 0.2) is 24.3 Å². The molecule has 1 saturated heterocycles. The van der Waals surface area contributed by atoms with Gasteiger partial charge in [-0.05, 0) is 37.6 Å². The maximum atomic E-state index is 12.1. The van der Waals surface area contributed by atoms with Crippen LogP contribution in [0.5, 0.6) is 0 Å². The molecule has 0 aliphatic carbocycles. The summed E-state index contributed by atoms with van der Waals surface area (Å²) >= 11 is 5.93. The normalized spacial score (nSPS) is 17.0. The van der Waals surface area contributed by atoms with Gasteiger partial charge in [0, 0.05) is 24.7 Å². The number of carbonyl (C=O) groups excluding carboxylic acids is 2. The van der Waals surface area contributed by atoms with Crippen molar-refractivity contribution in [1.82, 2.24) is 15.5 Å². The Kier molecular flexibility index (Phi) is 5.59. The highest BCUT2D eigenvalue weighted by Crippen LogP contribution is 2.17. The molecule has 0 bridgehead atoms. The first-order valence-electron chi connectivity index (χ1n) is 7.14. The van der Waals surface area contributed by atoms with E-state index in [0.29, 0.717) is 18.1 Å². The lowest BCUT2D eigenvalue weighted by atomic mass is 10.1. The Balaban J connectivity index is 1.95. The quantitative estimate of drug-likeness (QED) is 0.811. The standard InChI is InChI=1S/C15H20ClN3O2/c1-11(12-4-2-5-13(16)10-12)18-14(20)15(21)19-8-3-6-17-7-9-19/h2,4-5,10-11,17H,3,6-9H2,1H3,(H,18,20). The van der Waals surface area contributed by atoms with Crippen molar-refractivity contribution >= 4 is 23.4 Å². The molecule has 1 aliphatic rings. The highest BCUT2D eigenvalue weighted by atomic mass is 35.5. The SMILES string of the molecule is CC(NC(=O)C(=O)N1CCCNCC1)c1cccc(Cl)c1. The van der Waals surface area contributed by atoms with Crippen molar-refractivity contribution in [3.63, 3.8) is 0 Å². The van der Waals surface area contributed by atoms with Gasteiger partial charge in [0.2, 0.25) is 0 Å². The number of amides is 2. The lowest BCUT2D eigenvalue weighted by molar-refractivity contribution is -0.146. The molecule has 1 atom stereocenters. The van der Waals surface area contributed by atoms with E-state index >= 15 is 0 Å². The van der Waals surface area contributed by atoms with E-state index in [2.05, 4.69) is 10.6 Å². The van der Waals surface area contributed by atoms with Gasteiger partial charge in [-0.2, -0.15) is 0 Å². The summed E-state index contributed by atoms with van der Waals surface area (Å²) in [6, 6.07) is 6.99. The lowest BCUT2D eigenvalue weighted by Crippen LogP contribution is -2.45. The average molecular weight is 310 g/mol. The summed E-state index contributed by atoms with van der Waals surface area (Å²) < 4.78 is 0. The first-order valence-corrected chi connectivity index (χ1v) is 7.51. The first kappa shape index (κ1) is 15.8. The Labute approximate surface area is 129 Å². The molecule has 1 aromatic carbocycles. The van der Waals surface area contributed by atoms with E-state index < -0.39 is 11.8 Å². The minimum absolute atomic E-state index is 0.259. The number of rotatable bonds is 2. The van der Waals surface area contributed by atoms with Gasteiger partial charge in [0.15, 0.2) is 0 Å². The number of carbonyl (C=O) groups is 2. The number of halogens is 1. The molecule has 0 saturated carbocycles. The fourth-order valence-electron chi connectivity index (χ4n) is 2.31. The molecule has 114 valence electrons. The van der Waals surface area contributed by atoms with E-state index in [4.69, 9.17) is 11.6 Å². The van der Waals surface area contributed by atoms with Crippen LogP contribution in [0.3, 0.4) is 0 Å². The number of benzene rings is 1. The fraction of sp³-hybridized carbons (Fsp3) is 0.467. The molecule has 6 heteroatoms. The largest absolute Gasteiger partial charge is 0.341 e. The smallest absolute Gasteiger partial charge is 0.311 e. The minimum atomic E-state index is -0.565. The maximum Gasteiger partial charge on any atom is 0.311 e. The Bertz CT molecular complexity index is 513. The molecule has 0 radical (unpaired) electrons. The maximum absolute atomic E-state index is 12.1. The molecule has 1 aromatic rings. The molecule has 0 aromatic heterocycles. The molecular weight excluding hydrogens is 290 g/mol. The van der Waals surface area contributed by atoms with E-state index in [1.54, 1.807) is 17.0 Å². The first-order chi connectivity index (χ1) is 10.1. The summed E-state index contributed by atoms with van der Waals surface area (Å²) in [6.07, 6.45) is 0.864. The van der Waals surface area contributed by atoms with Crippen molar-refractivity contribution in [2.75, 3.05) is 26.2 Å². The van der Waals surface area contributed by atoms with Crippen LogP contribution in [0, 0.1) is 0 Å².